The molecule has 0 fully saturated rings. The Morgan fingerprint density at radius 1 is 1.14 bits per heavy atom. The Balaban J connectivity index is 1.65. The van der Waals surface area contributed by atoms with Crippen molar-refractivity contribution in [3.63, 3.8) is 0 Å². The Hall–Kier alpha value is -3.00. The highest BCUT2D eigenvalue weighted by Gasteiger charge is 2.15. The van der Waals surface area contributed by atoms with Crippen molar-refractivity contribution in [3.05, 3.63) is 58.6 Å². The van der Waals surface area contributed by atoms with E-state index in [2.05, 4.69) is 4.98 Å². The van der Waals surface area contributed by atoms with Gasteiger partial charge in [0.25, 0.3) is 5.56 Å². The van der Waals surface area contributed by atoms with Crippen LogP contribution in [0.3, 0.4) is 0 Å². The first-order chi connectivity index (χ1) is 13.6. The number of thioether (sulfide) groups is 1. The first-order valence-corrected chi connectivity index (χ1v) is 9.89. The van der Waals surface area contributed by atoms with Crippen LogP contribution in [0.15, 0.2) is 52.2 Å². The van der Waals surface area contributed by atoms with Gasteiger partial charge in [-0.3, -0.25) is 14.2 Å². The van der Waals surface area contributed by atoms with E-state index >= 15 is 0 Å². The van der Waals surface area contributed by atoms with E-state index in [0.717, 1.165) is 17.1 Å². The first-order valence-electron chi connectivity index (χ1n) is 8.91. The van der Waals surface area contributed by atoms with Crippen molar-refractivity contribution in [1.29, 1.82) is 0 Å². The van der Waals surface area contributed by atoms with Crippen LogP contribution in [0.2, 0.25) is 0 Å². The molecule has 2 aromatic carbocycles. The number of primary amides is 1. The van der Waals surface area contributed by atoms with Crippen molar-refractivity contribution >= 4 is 28.6 Å². The average Bonchev–Trinajstić information content (AvgIpc) is 2.93. The Bertz CT molecular complexity index is 1100. The molecule has 0 atom stereocenters. The summed E-state index contributed by atoms with van der Waals surface area (Å²) in [6.45, 7) is 1.05. The summed E-state index contributed by atoms with van der Waals surface area (Å²) in [5.74, 6) is 1.77. The number of nitrogens with two attached hydrogens (primary N) is 1. The first kappa shape index (κ1) is 18.4. The number of hydrogen-bond donors (Lipinski definition) is 1. The van der Waals surface area contributed by atoms with Crippen molar-refractivity contribution < 1.29 is 14.3 Å². The van der Waals surface area contributed by atoms with Crippen molar-refractivity contribution in [2.45, 2.75) is 23.6 Å². The number of fused-ring (bicyclic) bond motifs is 2. The fraction of sp³-hybridized carbons (Fsp3) is 0.250. The molecule has 0 saturated carbocycles. The number of carbonyl (C=O) groups excluding carboxylic acids is 1. The van der Waals surface area contributed by atoms with Gasteiger partial charge in [-0.05, 0) is 30.3 Å². The number of aromatic nitrogens is 2. The molecule has 0 unspecified atom stereocenters. The Labute approximate surface area is 165 Å². The fourth-order valence-corrected chi connectivity index (χ4v) is 3.90. The summed E-state index contributed by atoms with van der Waals surface area (Å²) in [6, 6.07) is 12.8. The molecule has 1 aliphatic rings. The van der Waals surface area contributed by atoms with Gasteiger partial charge >= 0.3 is 0 Å². The summed E-state index contributed by atoms with van der Waals surface area (Å²) in [6.07, 6.45) is 0.845. The second-order valence-electron chi connectivity index (χ2n) is 6.35. The largest absolute Gasteiger partial charge is 0.490 e. The minimum atomic E-state index is -0.582. The number of ether oxygens (including phenoxy) is 2. The molecule has 2 N–H and O–H groups in total. The van der Waals surface area contributed by atoms with Crippen LogP contribution in [0.1, 0.15) is 12.2 Å². The zero-order valence-electron chi connectivity index (χ0n) is 15.1. The smallest absolute Gasteiger partial charge is 0.261 e. The van der Waals surface area contributed by atoms with Gasteiger partial charge in [-0.25, -0.2) is 4.98 Å². The van der Waals surface area contributed by atoms with E-state index < -0.39 is 5.91 Å². The Morgan fingerprint density at radius 2 is 1.93 bits per heavy atom. The predicted octanol–water partition coefficient (Wildman–Crippen LogP) is 2.34. The summed E-state index contributed by atoms with van der Waals surface area (Å²) in [5.41, 5.74) is 5.68. The molecule has 2 heterocycles. The third-order valence-electron chi connectivity index (χ3n) is 4.34. The number of rotatable bonds is 5. The van der Waals surface area contributed by atoms with Crippen LogP contribution in [-0.2, 0) is 17.1 Å². The lowest BCUT2D eigenvalue weighted by atomic mass is 10.2. The van der Waals surface area contributed by atoms with Gasteiger partial charge in [0, 0.05) is 11.3 Å². The van der Waals surface area contributed by atoms with Crippen molar-refractivity contribution in [2.75, 3.05) is 13.2 Å². The van der Waals surface area contributed by atoms with Gasteiger partial charge in [0.2, 0.25) is 5.91 Å². The van der Waals surface area contributed by atoms with E-state index in [1.807, 2.05) is 24.3 Å². The predicted molar refractivity (Wildman–Crippen MR) is 107 cm³/mol. The van der Waals surface area contributed by atoms with E-state index in [1.54, 1.807) is 18.2 Å². The highest BCUT2D eigenvalue weighted by atomic mass is 32.2. The quantitative estimate of drug-likeness (QED) is 0.664. The molecular weight excluding hydrogens is 378 g/mol. The van der Waals surface area contributed by atoms with Gasteiger partial charge in [-0.2, -0.15) is 0 Å². The monoisotopic (exact) mass is 397 g/mol. The third kappa shape index (κ3) is 3.82. The highest BCUT2D eigenvalue weighted by Crippen LogP contribution is 2.34. The maximum absolute atomic E-state index is 12.8. The fourth-order valence-electron chi connectivity index (χ4n) is 3.02. The van der Waals surface area contributed by atoms with Crippen LogP contribution in [-0.4, -0.2) is 28.7 Å². The minimum absolute atomic E-state index is 0.201. The zero-order chi connectivity index (χ0) is 19.5. The van der Waals surface area contributed by atoms with Crippen LogP contribution in [0, 0.1) is 0 Å². The molecule has 0 spiro atoms. The van der Waals surface area contributed by atoms with Crippen molar-refractivity contribution in [1.82, 2.24) is 9.55 Å². The molecule has 28 heavy (non-hydrogen) atoms. The molecule has 1 amide bonds. The topological polar surface area (TPSA) is 96.4 Å². The maximum Gasteiger partial charge on any atom is 0.261 e. The van der Waals surface area contributed by atoms with Crippen molar-refractivity contribution in [2.24, 2.45) is 5.73 Å². The van der Waals surface area contributed by atoms with Crippen LogP contribution < -0.4 is 20.8 Å². The lowest BCUT2D eigenvalue weighted by Gasteiger charge is -2.13. The van der Waals surface area contributed by atoms with Crippen LogP contribution in [0.5, 0.6) is 11.5 Å². The van der Waals surface area contributed by atoms with E-state index in [4.69, 9.17) is 15.2 Å². The van der Waals surface area contributed by atoms with Gasteiger partial charge in [-0.1, -0.05) is 12.1 Å². The lowest BCUT2D eigenvalue weighted by molar-refractivity contribution is -0.118. The maximum atomic E-state index is 12.8. The Kier molecular flexibility index (Phi) is 5.21. The summed E-state index contributed by atoms with van der Waals surface area (Å²) in [5, 5.41) is 0.466. The summed E-state index contributed by atoms with van der Waals surface area (Å²) in [4.78, 5) is 29.8. The number of nitrogens with zero attached hydrogens (tertiary/aromatic N) is 2. The molecule has 0 bridgehead atoms. The van der Waals surface area contributed by atoms with Gasteiger partial charge in [-0.15, -0.1) is 11.8 Å². The second kappa shape index (κ2) is 7.93. The molecule has 0 aliphatic carbocycles. The molecule has 1 aliphatic heterocycles. The van der Waals surface area contributed by atoms with Crippen LogP contribution in [0.25, 0.3) is 10.9 Å². The summed E-state index contributed by atoms with van der Waals surface area (Å²) < 4.78 is 12.7. The van der Waals surface area contributed by atoms with Gasteiger partial charge in [0.1, 0.15) is 12.4 Å². The SMILES string of the molecule is NC(=O)Cn1c(CSc2ccc3c(c2)OCCCO3)nc2ccccc2c1=O. The molecule has 4 rings (SSSR count). The number of carbonyl (C=O) groups is 1. The molecule has 3 aromatic rings. The number of hydrogen-bond acceptors (Lipinski definition) is 6. The standard InChI is InChI=1S/C20H19N3O4S/c21-18(24)11-23-19(22-15-5-2-1-4-14(15)20(23)25)12-28-13-6-7-16-17(10-13)27-9-3-8-26-16/h1-2,4-7,10H,3,8-9,11-12H2,(H2,21,24). The van der Waals surface area contributed by atoms with E-state index in [0.29, 0.717) is 41.4 Å². The molecule has 0 saturated heterocycles. The third-order valence-corrected chi connectivity index (χ3v) is 5.33. The molecule has 1 aromatic heterocycles. The normalized spacial score (nSPS) is 13.3. The highest BCUT2D eigenvalue weighted by molar-refractivity contribution is 7.98. The number of benzene rings is 2. The number of amides is 1. The van der Waals surface area contributed by atoms with E-state index in [1.165, 1.54) is 16.3 Å². The molecule has 144 valence electrons. The van der Waals surface area contributed by atoms with Gasteiger partial charge in [0.05, 0.1) is 29.9 Å². The molecule has 0 radical (unpaired) electrons. The molecular formula is C20H19N3O4S. The minimum Gasteiger partial charge on any atom is -0.490 e. The second-order valence-corrected chi connectivity index (χ2v) is 7.40. The van der Waals surface area contributed by atoms with Crippen LogP contribution in [0.4, 0.5) is 0 Å². The molecule has 8 heteroatoms. The van der Waals surface area contributed by atoms with Crippen LogP contribution >= 0.6 is 11.8 Å². The zero-order valence-corrected chi connectivity index (χ0v) is 15.9. The van der Waals surface area contributed by atoms with E-state index in [-0.39, 0.29) is 12.1 Å². The average molecular weight is 397 g/mol. The summed E-state index contributed by atoms with van der Waals surface area (Å²) in [7, 11) is 0. The molecule has 7 nitrogen and oxygen atoms in total. The summed E-state index contributed by atoms with van der Waals surface area (Å²) >= 11 is 1.50. The van der Waals surface area contributed by atoms with Gasteiger partial charge in [0.15, 0.2) is 11.5 Å². The lowest BCUT2D eigenvalue weighted by Crippen LogP contribution is -2.31. The number of para-hydroxylation sites is 1. The van der Waals surface area contributed by atoms with E-state index in [9.17, 15) is 9.59 Å². The van der Waals surface area contributed by atoms with Gasteiger partial charge < -0.3 is 15.2 Å². The van der Waals surface area contributed by atoms with Crippen molar-refractivity contribution in [3.8, 4) is 11.5 Å². The Morgan fingerprint density at radius 3 is 2.75 bits per heavy atom.